The third kappa shape index (κ3) is 5.64. The number of hydrogen-bond acceptors (Lipinski definition) is 8. The van der Waals surface area contributed by atoms with Gasteiger partial charge in [0.2, 0.25) is 0 Å². The molecule has 2 heterocycles. The van der Waals surface area contributed by atoms with Crippen molar-refractivity contribution in [3.05, 3.63) is 87.3 Å². The van der Waals surface area contributed by atoms with E-state index in [1.807, 2.05) is 13.0 Å². The fourth-order valence-corrected chi connectivity index (χ4v) is 5.62. The second-order valence-electron chi connectivity index (χ2n) is 9.42. The second kappa shape index (κ2) is 11.2. The van der Waals surface area contributed by atoms with Gasteiger partial charge < -0.3 is 14.6 Å². The molecule has 1 aliphatic heterocycles. The van der Waals surface area contributed by atoms with Crippen LogP contribution in [0, 0.1) is 13.8 Å². The first-order chi connectivity index (χ1) is 18.8. The van der Waals surface area contributed by atoms with E-state index in [0.29, 0.717) is 16.0 Å². The van der Waals surface area contributed by atoms with Crippen LogP contribution in [0.15, 0.2) is 64.3 Å². The van der Waals surface area contributed by atoms with Crippen LogP contribution in [0.1, 0.15) is 41.1 Å². The van der Waals surface area contributed by atoms with Crippen molar-refractivity contribution in [2.24, 2.45) is 0 Å². The Hall–Kier alpha value is -4.00. The Morgan fingerprint density at radius 3 is 2.48 bits per heavy atom. The number of ether oxygens (including phenoxy) is 1. The molecular weight excluding hydrogens is 562 g/mol. The first kappa shape index (κ1) is 29.0. The van der Waals surface area contributed by atoms with Gasteiger partial charge in [-0.25, -0.2) is 4.79 Å². The smallest absolute Gasteiger partial charge is 0.355 e. The summed E-state index contributed by atoms with van der Waals surface area (Å²) in [6.45, 7) is 6.17. The van der Waals surface area contributed by atoms with Crippen LogP contribution >= 0.6 is 11.6 Å². The van der Waals surface area contributed by atoms with Crippen LogP contribution in [-0.4, -0.2) is 52.2 Å². The molecule has 3 aromatic rings. The Bertz CT molecular complexity index is 1640. The summed E-state index contributed by atoms with van der Waals surface area (Å²) < 4.78 is 45.3. The van der Waals surface area contributed by atoms with Crippen LogP contribution in [0.4, 0.5) is 0 Å². The van der Waals surface area contributed by atoms with Gasteiger partial charge in [0.15, 0.2) is 5.37 Å². The highest BCUT2D eigenvalue weighted by Gasteiger charge is 2.58. The molecule has 0 radical (unpaired) electrons. The van der Waals surface area contributed by atoms with Gasteiger partial charge >= 0.3 is 5.97 Å². The van der Waals surface area contributed by atoms with E-state index in [4.69, 9.17) is 20.9 Å². The van der Waals surface area contributed by atoms with Crippen LogP contribution in [-0.2, 0) is 31.1 Å². The number of carbonyl (C=O) groups is 3. The molecule has 2 N–H and O–H groups in total. The molecule has 2 atom stereocenters. The lowest BCUT2D eigenvalue weighted by molar-refractivity contribution is -0.152. The standard InChI is InChI=1S/C27H26ClN3O8S/c1-14(2)23(27(34)38-13-17-9-7-8-15(3)12-17)31-25(33)22(26(31)40(35,36)37)29-24(32)20-16(4)39-30-21(20)18-10-5-6-11-19(18)28/h5-12,22,26H,13H2,1-4H3,(H,29,32)(H,35,36,37)/t22-,26-/m1/s1. The number of amides is 2. The maximum atomic E-state index is 13.3. The topological polar surface area (TPSA) is 156 Å². The minimum Gasteiger partial charge on any atom is -0.456 e. The van der Waals surface area contributed by atoms with Gasteiger partial charge in [0.25, 0.3) is 21.9 Å². The molecular formula is C27H26ClN3O8S. The normalized spacial score (nSPS) is 16.8. The molecule has 2 amide bonds. The second-order valence-corrected chi connectivity index (χ2v) is 11.3. The van der Waals surface area contributed by atoms with Gasteiger partial charge in [-0.2, -0.15) is 8.42 Å². The quantitative estimate of drug-likeness (QED) is 0.173. The van der Waals surface area contributed by atoms with Gasteiger partial charge in [-0.3, -0.25) is 19.0 Å². The van der Waals surface area contributed by atoms with Crippen molar-refractivity contribution in [1.82, 2.24) is 15.4 Å². The van der Waals surface area contributed by atoms with Gasteiger partial charge in [0, 0.05) is 5.56 Å². The zero-order valence-corrected chi connectivity index (χ0v) is 23.5. The summed E-state index contributed by atoms with van der Waals surface area (Å²) in [5, 5.41) is 4.53. The van der Waals surface area contributed by atoms with Crippen LogP contribution in [0.25, 0.3) is 11.3 Å². The number of rotatable bonds is 8. The Morgan fingerprint density at radius 2 is 1.85 bits per heavy atom. The molecule has 1 aromatic heterocycles. The minimum atomic E-state index is -4.99. The summed E-state index contributed by atoms with van der Waals surface area (Å²) in [5.74, 6) is -2.71. The van der Waals surface area contributed by atoms with Crippen molar-refractivity contribution in [3.63, 3.8) is 0 Å². The largest absolute Gasteiger partial charge is 0.456 e. The molecule has 40 heavy (non-hydrogen) atoms. The molecule has 4 rings (SSSR count). The van der Waals surface area contributed by atoms with Crippen molar-refractivity contribution >= 4 is 39.5 Å². The highest BCUT2D eigenvalue weighted by Crippen LogP contribution is 2.34. The molecule has 11 nitrogen and oxygen atoms in total. The summed E-state index contributed by atoms with van der Waals surface area (Å²) in [4.78, 5) is 40.1. The highest BCUT2D eigenvalue weighted by molar-refractivity contribution is 7.86. The predicted molar refractivity (Wildman–Crippen MR) is 144 cm³/mol. The van der Waals surface area contributed by atoms with E-state index in [0.717, 1.165) is 5.56 Å². The number of esters is 1. The van der Waals surface area contributed by atoms with Crippen molar-refractivity contribution in [2.75, 3.05) is 0 Å². The van der Waals surface area contributed by atoms with Gasteiger partial charge in [0.1, 0.15) is 35.4 Å². The Balaban J connectivity index is 1.60. The third-order valence-corrected chi connectivity index (χ3v) is 7.64. The molecule has 2 aromatic carbocycles. The van der Waals surface area contributed by atoms with Crippen molar-refractivity contribution in [2.45, 2.75) is 45.7 Å². The predicted octanol–water partition coefficient (Wildman–Crippen LogP) is 3.80. The minimum absolute atomic E-state index is 0.0755. The van der Waals surface area contributed by atoms with E-state index in [1.165, 1.54) is 20.8 Å². The van der Waals surface area contributed by atoms with E-state index >= 15 is 0 Å². The number of aromatic nitrogens is 1. The lowest BCUT2D eigenvalue weighted by Crippen LogP contribution is -2.73. The number of nitrogens with zero attached hydrogens (tertiary/aromatic N) is 2. The average Bonchev–Trinajstić information content (AvgIpc) is 3.26. The number of hydrogen-bond donors (Lipinski definition) is 2. The molecule has 1 aliphatic rings. The molecule has 0 spiro atoms. The number of aryl methyl sites for hydroxylation is 2. The van der Waals surface area contributed by atoms with E-state index < -0.39 is 39.3 Å². The van der Waals surface area contributed by atoms with Gasteiger partial charge in [-0.1, -0.05) is 64.8 Å². The van der Waals surface area contributed by atoms with Crippen LogP contribution in [0.2, 0.25) is 5.02 Å². The lowest BCUT2D eigenvalue weighted by atomic mass is 10.0. The molecule has 0 saturated carbocycles. The fourth-order valence-electron chi connectivity index (χ4n) is 4.39. The van der Waals surface area contributed by atoms with Crippen molar-refractivity contribution in [1.29, 1.82) is 0 Å². The van der Waals surface area contributed by atoms with E-state index in [-0.39, 0.29) is 39.9 Å². The molecule has 13 heteroatoms. The fraction of sp³-hybridized carbons (Fsp3) is 0.259. The number of likely N-dealkylation sites (tertiary alicyclic amines) is 1. The Morgan fingerprint density at radius 1 is 1.15 bits per heavy atom. The maximum Gasteiger partial charge on any atom is 0.355 e. The van der Waals surface area contributed by atoms with Crippen LogP contribution < -0.4 is 5.32 Å². The Kier molecular flexibility index (Phi) is 8.15. The van der Waals surface area contributed by atoms with E-state index in [1.54, 1.807) is 42.5 Å². The number of nitrogens with one attached hydrogen (secondary N) is 1. The highest BCUT2D eigenvalue weighted by atomic mass is 35.5. The number of β-lactam (4-membered cyclic amide) rings is 1. The van der Waals surface area contributed by atoms with Gasteiger partial charge in [-0.05, 0) is 44.9 Å². The molecule has 210 valence electrons. The zero-order chi connectivity index (χ0) is 29.4. The Labute approximate surface area is 235 Å². The molecule has 1 fully saturated rings. The first-order valence-corrected chi connectivity index (χ1v) is 13.9. The number of benzene rings is 2. The average molecular weight is 588 g/mol. The summed E-state index contributed by atoms with van der Waals surface area (Å²) in [7, 11) is -4.99. The summed E-state index contributed by atoms with van der Waals surface area (Å²) in [5.41, 5.74) is 1.92. The number of allylic oxidation sites excluding steroid dienone is 1. The van der Waals surface area contributed by atoms with Gasteiger partial charge in [-0.15, -0.1) is 0 Å². The molecule has 0 unspecified atom stereocenters. The van der Waals surface area contributed by atoms with E-state index in [9.17, 15) is 27.4 Å². The summed E-state index contributed by atoms with van der Waals surface area (Å²) >= 11 is 6.25. The van der Waals surface area contributed by atoms with Crippen LogP contribution in [0.3, 0.4) is 0 Å². The first-order valence-electron chi connectivity index (χ1n) is 12.0. The SMILES string of the molecule is CC(C)=C(C(=O)OCc1cccc(C)c1)N1C(=O)[C@@H](NC(=O)c2c(-c3ccccc3Cl)noc2C)[C@H]1S(=O)(=O)O. The van der Waals surface area contributed by atoms with Crippen molar-refractivity contribution in [3.8, 4) is 11.3 Å². The molecule has 0 bridgehead atoms. The summed E-state index contributed by atoms with van der Waals surface area (Å²) in [6, 6.07) is 12.0. The number of halogens is 1. The zero-order valence-electron chi connectivity index (χ0n) is 22.0. The monoisotopic (exact) mass is 587 g/mol. The van der Waals surface area contributed by atoms with Gasteiger partial charge in [0.05, 0.1) is 5.02 Å². The molecule has 0 aliphatic carbocycles. The maximum absolute atomic E-state index is 13.3. The van der Waals surface area contributed by atoms with Crippen molar-refractivity contribution < 1.29 is 36.6 Å². The van der Waals surface area contributed by atoms with E-state index in [2.05, 4.69) is 10.5 Å². The summed E-state index contributed by atoms with van der Waals surface area (Å²) in [6.07, 6.45) is 0. The third-order valence-electron chi connectivity index (χ3n) is 6.21. The molecule has 1 saturated heterocycles. The van der Waals surface area contributed by atoms with Crippen LogP contribution in [0.5, 0.6) is 0 Å². The number of carbonyl (C=O) groups excluding carboxylic acids is 3. The lowest BCUT2D eigenvalue weighted by Gasteiger charge is -2.45.